The van der Waals surface area contributed by atoms with Gasteiger partial charge in [-0.1, -0.05) is 44.2 Å². The molecule has 0 aliphatic heterocycles. The predicted octanol–water partition coefficient (Wildman–Crippen LogP) is 3.37. The number of carbonyl (C=O) groups is 1. The lowest BCUT2D eigenvalue weighted by Crippen LogP contribution is -2.18. The Morgan fingerprint density at radius 2 is 2.05 bits per heavy atom. The van der Waals surface area contributed by atoms with Crippen LogP contribution in [0.3, 0.4) is 0 Å². The molecule has 1 saturated carbocycles. The van der Waals surface area contributed by atoms with Crippen molar-refractivity contribution in [2.75, 3.05) is 0 Å². The van der Waals surface area contributed by atoms with Gasteiger partial charge in [0.25, 0.3) is 5.91 Å². The fourth-order valence-corrected chi connectivity index (χ4v) is 4.15. The fraction of sp³-hybridized carbons (Fsp3) is 0.444. The molecule has 1 aromatic heterocycles. The van der Waals surface area contributed by atoms with Crippen LogP contribution in [0, 0.1) is 18.3 Å². The van der Waals surface area contributed by atoms with Crippen LogP contribution in [-0.2, 0) is 12.8 Å². The maximum absolute atomic E-state index is 12.6. The van der Waals surface area contributed by atoms with Crippen molar-refractivity contribution in [3.63, 3.8) is 0 Å². The van der Waals surface area contributed by atoms with Crippen molar-refractivity contribution in [1.29, 1.82) is 0 Å². The highest BCUT2D eigenvalue weighted by Gasteiger charge is 2.64. The second kappa shape index (κ2) is 4.06. The lowest BCUT2D eigenvalue weighted by Gasteiger charge is -2.10. The standard InChI is InChI=1S/C18H20N2O/c1-11-16-14(10-13-17(16)18(13,2)3)20(19-11)15(21)9-12-7-5-4-6-8-12/h4-8,13,17H,9-10H2,1-3H3. The Kier molecular flexibility index (Phi) is 2.48. The van der Waals surface area contributed by atoms with Gasteiger partial charge in [0.2, 0.25) is 0 Å². The third kappa shape index (κ3) is 1.73. The van der Waals surface area contributed by atoms with Crippen molar-refractivity contribution in [1.82, 2.24) is 9.78 Å². The summed E-state index contributed by atoms with van der Waals surface area (Å²) in [6.45, 7) is 6.70. The van der Waals surface area contributed by atoms with Crippen molar-refractivity contribution >= 4 is 5.91 Å². The molecule has 1 fully saturated rings. The Morgan fingerprint density at radius 3 is 2.76 bits per heavy atom. The number of rotatable bonds is 2. The highest BCUT2D eigenvalue weighted by molar-refractivity contribution is 5.82. The molecule has 108 valence electrons. The summed E-state index contributed by atoms with van der Waals surface area (Å²) in [6, 6.07) is 9.90. The highest BCUT2D eigenvalue weighted by Crippen LogP contribution is 2.70. The predicted molar refractivity (Wildman–Crippen MR) is 81.5 cm³/mol. The third-order valence-electron chi connectivity index (χ3n) is 5.42. The molecule has 2 aliphatic carbocycles. The topological polar surface area (TPSA) is 34.9 Å². The summed E-state index contributed by atoms with van der Waals surface area (Å²) >= 11 is 0. The van der Waals surface area contributed by atoms with E-state index in [9.17, 15) is 4.79 Å². The van der Waals surface area contributed by atoms with E-state index >= 15 is 0 Å². The van der Waals surface area contributed by atoms with Crippen LogP contribution in [0.25, 0.3) is 0 Å². The zero-order valence-electron chi connectivity index (χ0n) is 12.8. The fourth-order valence-electron chi connectivity index (χ4n) is 4.15. The summed E-state index contributed by atoms with van der Waals surface area (Å²) in [5, 5.41) is 4.54. The molecule has 1 aromatic carbocycles. The molecule has 0 radical (unpaired) electrons. The van der Waals surface area contributed by atoms with Gasteiger partial charge in [0.15, 0.2) is 0 Å². The molecule has 2 aromatic rings. The molecular weight excluding hydrogens is 260 g/mol. The monoisotopic (exact) mass is 280 g/mol. The second-order valence-corrected chi connectivity index (χ2v) is 7.02. The number of hydrogen-bond donors (Lipinski definition) is 0. The van der Waals surface area contributed by atoms with Crippen LogP contribution in [0.15, 0.2) is 30.3 Å². The van der Waals surface area contributed by atoms with Gasteiger partial charge in [0, 0.05) is 5.56 Å². The van der Waals surface area contributed by atoms with Crippen LogP contribution in [-0.4, -0.2) is 15.7 Å². The zero-order valence-corrected chi connectivity index (χ0v) is 12.8. The molecule has 3 nitrogen and oxygen atoms in total. The lowest BCUT2D eigenvalue weighted by molar-refractivity contribution is 0.0894. The Hall–Kier alpha value is -1.90. The van der Waals surface area contributed by atoms with Crippen LogP contribution < -0.4 is 0 Å². The molecule has 1 heterocycles. The van der Waals surface area contributed by atoms with Crippen LogP contribution >= 0.6 is 0 Å². The van der Waals surface area contributed by atoms with Crippen molar-refractivity contribution in [2.24, 2.45) is 11.3 Å². The average molecular weight is 280 g/mol. The highest BCUT2D eigenvalue weighted by atomic mass is 16.2. The average Bonchev–Trinajstić information content (AvgIpc) is 2.83. The first-order valence-corrected chi connectivity index (χ1v) is 7.65. The van der Waals surface area contributed by atoms with Crippen LogP contribution in [0.2, 0.25) is 0 Å². The van der Waals surface area contributed by atoms with Gasteiger partial charge in [-0.05, 0) is 36.2 Å². The van der Waals surface area contributed by atoms with Crippen LogP contribution in [0.1, 0.15) is 47.1 Å². The van der Waals surface area contributed by atoms with E-state index in [0.29, 0.717) is 23.7 Å². The molecule has 21 heavy (non-hydrogen) atoms. The molecule has 2 aliphatic rings. The molecule has 2 unspecified atom stereocenters. The Balaban J connectivity index is 1.65. The minimum absolute atomic E-state index is 0.0876. The number of carbonyl (C=O) groups excluding carboxylic acids is 1. The quantitative estimate of drug-likeness (QED) is 0.845. The van der Waals surface area contributed by atoms with E-state index in [1.807, 2.05) is 37.3 Å². The normalized spacial score (nSPS) is 24.5. The van der Waals surface area contributed by atoms with Crippen LogP contribution in [0.4, 0.5) is 0 Å². The first-order valence-electron chi connectivity index (χ1n) is 7.65. The number of fused-ring (bicyclic) bond motifs is 3. The summed E-state index contributed by atoms with van der Waals surface area (Å²) < 4.78 is 1.68. The van der Waals surface area contributed by atoms with Gasteiger partial charge in [-0.3, -0.25) is 4.79 Å². The summed E-state index contributed by atoms with van der Waals surface area (Å²) in [7, 11) is 0. The summed E-state index contributed by atoms with van der Waals surface area (Å²) in [5.41, 5.74) is 5.01. The van der Waals surface area contributed by atoms with Gasteiger partial charge in [-0.2, -0.15) is 5.10 Å². The van der Waals surface area contributed by atoms with Crippen LogP contribution in [0.5, 0.6) is 0 Å². The van der Waals surface area contributed by atoms with Crippen molar-refractivity contribution in [3.05, 3.63) is 52.8 Å². The first-order chi connectivity index (χ1) is 10.00. The molecule has 4 rings (SSSR count). The summed E-state index contributed by atoms with van der Waals surface area (Å²) in [5.74, 6) is 1.41. The van der Waals surface area contributed by atoms with Crippen molar-refractivity contribution in [2.45, 2.75) is 39.5 Å². The van der Waals surface area contributed by atoms with Gasteiger partial charge >= 0.3 is 0 Å². The van der Waals surface area contributed by atoms with E-state index in [1.54, 1.807) is 4.68 Å². The SMILES string of the molecule is Cc1nn(C(=O)Cc2ccccc2)c2c1C1C(C2)C1(C)C. The molecule has 0 N–H and O–H groups in total. The summed E-state index contributed by atoms with van der Waals surface area (Å²) in [4.78, 5) is 12.6. The number of aryl methyl sites for hydroxylation is 1. The van der Waals surface area contributed by atoms with Gasteiger partial charge in [0.1, 0.15) is 0 Å². The van der Waals surface area contributed by atoms with Crippen molar-refractivity contribution < 1.29 is 4.79 Å². The van der Waals surface area contributed by atoms with Gasteiger partial charge in [0.05, 0.1) is 17.8 Å². The molecule has 0 bridgehead atoms. The Labute approximate surface area is 125 Å². The first kappa shape index (κ1) is 12.8. The molecule has 0 saturated heterocycles. The Morgan fingerprint density at radius 1 is 1.33 bits per heavy atom. The van der Waals surface area contributed by atoms with E-state index in [0.717, 1.165) is 17.7 Å². The largest absolute Gasteiger partial charge is 0.272 e. The van der Waals surface area contributed by atoms with E-state index in [2.05, 4.69) is 18.9 Å². The maximum Gasteiger partial charge on any atom is 0.251 e. The minimum Gasteiger partial charge on any atom is -0.272 e. The van der Waals surface area contributed by atoms with E-state index < -0.39 is 0 Å². The maximum atomic E-state index is 12.6. The van der Waals surface area contributed by atoms with Gasteiger partial charge in [-0.25, -0.2) is 4.68 Å². The molecule has 0 spiro atoms. The smallest absolute Gasteiger partial charge is 0.251 e. The zero-order chi connectivity index (χ0) is 14.8. The minimum atomic E-state index is 0.0876. The van der Waals surface area contributed by atoms with Crippen molar-refractivity contribution in [3.8, 4) is 0 Å². The lowest BCUT2D eigenvalue weighted by atomic mass is 9.98. The third-order valence-corrected chi connectivity index (χ3v) is 5.42. The second-order valence-electron chi connectivity index (χ2n) is 7.02. The number of aromatic nitrogens is 2. The molecule has 0 amide bonds. The molecule has 2 atom stereocenters. The van der Waals surface area contributed by atoms with Gasteiger partial charge < -0.3 is 0 Å². The Bertz CT molecular complexity index is 727. The van der Waals surface area contributed by atoms with Gasteiger partial charge in [-0.15, -0.1) is 0 Å². The van der Waals surface area contributed by atoms with E-state index in [4.69, 9.17) is 0 Å². The molecule has 3 heteroatoms. The number of benzene rings is 1. The molecular formula is C18H20N2O. The van der Waals surface area contributed by atoms with E-state index in [1.165, 1.54) is 11.3 Å². The number of hydrogen-bond acceptors (Lipinski definition) is 2. The number of nitrogens with zero attached hydrogens (tertiary/aromatic N) is 2. The summed E-state index contributed by atoms with van der Waals surface area (Å²) in [6.07, 6.45) is 1.43. The van der Waals surface area contributed by atoms with E-state index in [-0.39, 0.29) is 5.91 Å².